The molecule has 1 aromatic heterocycles. The number of benzene rings is 8. The van der Waals surface area contributed by atoms with Crippen molar-refractivity contribution in [2.45, 2.75) is 19.3 Å². The summed E-state index contributed by atoms with van der Waals surface area (Å²) >= 11 is 0. The monoisotopic (exact) mass is 653 g/mol. The highest BCUT2D eigenvalue weighted by Crippen LogP contribution is 2.53. The normalized spacial score (nSPS) is 13.1. The number of hydrogen-bond acceptors (Lipinski definition) is 2. The summed E-state index contributed by atoms with van der Waals surface area (Å²) < 4.78 is 6.68. The fourth-order valence-corrected chi connectivity index (χ4v) is 8.36. The van der Waals surface area contributed by atoms with Crippen LogP contribution in [0, 0.1) is 0 Å². The van der Waals surface area contributed by atoms with Crippen molar-refractivity contribution in [2.75, 3.05) is 4.90 Å². The van der Waals surface area contributed by atoms with E-state index in [4.69, 9.17) is 4.42 Å². The van der Waals surface area contributed by atoms with Crippen LogP contribution in [0.25, 0.3) is 66.1 Å². The van der Waals surface area contributed by atoms with Crippen molar-refractivity contribution in [2.24, 2.45) is 0 Å². The van der Waals surface area contributed by atoms with Crippen LogP contribution in [0.2, 0.25) is 0 Å². The van der Waals surface area contributed by atoms with Crippen LogP contribution in [0.1, 0.15) is 25.0 Å². The van der Waals surface area contributed by atoms with E-state index in [2.05, 4.69) is 189 Å². The maximum absolute atomic E-state index is 6.68. The van der Waals surface area contributed by atoms with Crippen LogP contribution < -0.4 is 4.90 Å². The minimum absolute atomic E-state index is 0.211. The van der Waals surface area contributed by atoms with Crippen LogP contribution in [-0.2, 0) is 5.41 Å². The number of hydrogen-bond donors (Lipinski definition) is 0. The van der Waals surface area contributed by atoms with Gasteiger partial charge < -0.3 is 9.32 Å². The minimum Gasteiger partial charge on any atom is -0.454 e. The molecule has 8 aromatic carbocycles. The molecule has 0 bridgehead atoms. The summed E-state index contributed by atoms with van der Waals surface area (Å²) in [6.07, 6.45) is 0. The molecule has 0 saturated heterocycles. The van der Waals surface area contributed by atoms with E-state index >= 15 is 0 Å². The fourth-order valence-electron chi connectivity index (χ4n) is 8.36. The number of para-hydroxylation sites is 3. The summed E-state index contributed by atoms with van der Waals surface area (Å²) in [5.74, 6) is 0. The van der Waals surface area contributed by atoms with Gasteiger partial charge in [0.05, 0.1) is 11.4 Å². The number of fused-ring (bicyclic) bond motifs is 7. The van der Waals surface area contributed by atoms with Crippen LogP contribution in [0.15, 0.2) is 180 Å². The van der Waals surface area contributed by atoms with Gasteiger partial charge in [-0.25, -0.2) is 0 Å². The van der Waals surface area contributed by atoms with E-state index in [0.717, 1.165) is 44.6 Å². The van der Waals surface area contributed by atoms with Gasteiger partial charge in [-0.05, 0) is 86.1 Å². The lowest BCUT2D eigenvalue weighted by molar-refractivity contribution is 0.660. The van der Waals surface area contributed by atoms with Gasteiger partial charge >= 0.3 is 0 Å². The van der Waals surface area contributed by atoms with Gasteiger partial charge in [-0.1, -0.05) is 153 Å². The third-order valence-corrected chi connectivity index (χ3v) is 10.9. The first-order valence-corrected chi connectivity index (χ1v) is 17.7. The second-order valence-electron chi connectivity index (χ2n) is 14.1. The van der Waals surface area contributed by atoms with Crippen LogP contribution in [0.4, 0.5) is 17.1 Å². The molecule has 0 aliphatic heterocycles. The zero-order chi connectivity index (χ0) is 34.1. The SMILES string of the molecule is CC1(C)c2cc(-c3cccc4ccccc34)ccc2-c2ccc(N(c3ccccc3-c3ccccc3)c3cccc4c3oc3ccccc34)cc21. The maximum atomic E-state index is 6.68. The molecule has 0 N–H and O–H groups in total. The standard InChI is InChI=1S/C49H35NO/c1-49(2)43-30-34(37-21-12-17-32-16-6-7-18-36(32)37)26-28-39(43)40-29-27-35(31-44(40)49)50(45-23-10-8-19-38(45)33-14-4-3-5-15-33)46-24-13-22-42-41-20-9-11-25-47(41)51-48(42)46/h3-31H,1-2H3. The third-order valence-electron chi connectivity index (χ3n) is 10.9. The molecule has 1 aliphatic rings. The number of rotatable bonds is 5. The Morgan fingerprint density at radius 1 is 0.431 bits per heavy atom. The molecule has 0 saturated carbocycles. The smallest absolute Gasteiger partial charge is 0.159 e. The van der Waals surface area contributed by atoms with Gasteiger partial charge in [0.25, 0.3) is 0 Å². The quantitative estimate of drug-likeness (QED) is 0.184. The zero-order valence-electron chi connectivity index (χ0n) is 28.6. The van der Waals surface area contributed by atoms with Crippen LogP contribution in [0.3, 0.4) is 0 Å². The van der Waals surface area contributed by atoms with Crippen molar-refractivity contribution < 1.29 is 4.42 Å². The van der Waals surface area contributed by atoms with Crippen molar-refractivity contribution in [3.8, 4) is 33.4 Å². The topological polar surface area (TPSA) is 16.4 Å². The lowest BCUT2D eigenvalue weighted by Gasteiger charge is -2.29. The van der Waals surface area contributed by atoms with Crippen LogP contribution in [-0.4, -0.2) is 0 Å². The summed E-state index contributed by atoms with van der Waals surface area (Å²) in [5.41, 5.74) is 14.9. The van der Waals surface area contributed by atoms with Gasteiger partial charge in [0.2, 0.25) is 0 Å². The molecule has 242 valence electrons. The number of furan rings is 1. The predicted octanol–water partition coefficient (Wildman–Crippen LogP) is 13.8. The van der Waals surface area contributed by atoms with Crippen molar-refractivity contribution in [1.82, 2.24) is 0 Å². The van der Waals surface area contributed by atoms with Crippen molar-refractivity contribution >= 4 is 49.8 Å². The van der Waals surface area contributed by atoms with Gasteiger partial charge in [0, 0.05) is 27.4 Å². The molecule has 51 heavy (non-hydrogen) atoms. The molecule has 0 unspecified atom stereocenters. The Morgan fingerprint density at radius 2 is 1.06 bits per heavy atom. The lowest BCUT2D eigenvalue weighted by Crippen LogP contribution is -2.17. The second kappa shape index (κ2) is 11.3. The molecule has 0 amide bonds. The molecule has 10 rings (SSSR count). The maximum Gasteiger partial charge on any atom is 0.159 e. The molecule has 1 heterocycles. The predicted molar refractivity (Wildman–Crippen MR) is 214 cm³/mol. The Balaban J connectivity index is 1.17. The highest BCUT2D eigenvalue weighted by molar-refractivity contribution is 6.11. The third kappa shape index (κ3) is 4.57. The molecule has 0 fully saturated rings. The van der Waals surface area contributed by atoms with Gasteiger partial charge in [0.15, 0.2) is 5.58 Å². The molecule has 1 aliphatic carbocycles. The Kier molecular flexibility index (Phi) is 6.56. The molecule has 2 heteroatoms. The van der Waals surface area contributed by atoms with E-state index in [1.165, 1.54) is 49.7 Å². The molecule has 0 atom stereocenters. The van der Waals surface area contributed by atoms with E-state index in [-0.39, 0.29) is 5.41 Å². The van der Waals surface area contributed by atoms with Crippen molar-refractivity contribution in [3.05, 3.63) is 187 Å². The first-order chi connectivity index (χ1) is 25.1. The Hall–Kier alpha value is -6.38. The second-order valence-corrected chi connectivity index (χ2v) is 14.1. The van der Waals surface area contributed by atoms with E-state index in [9.17, 15) is 0 Å². The number of nitrogens with zero attached hydrogens (tertiary/aromatic N) is 1. The van der Waals surface area contributed by atoms with E-state index in [0.29, 0.717) is 0 Å². The summed E-state index contributed by atoms with van der Waals surface area (Å²) in [5, 5.41) is 4.78. The first-order valence-electron chi connectivity index (χ1n) is 17.7. The van der Waals surface area contributed by atoms with Gasteiger partial charge in [-0.15, -0.1) is 0 Å². The first kappa shape index (κ1) is 29.5. The molecule has 0 radical (unpaired) electrons. The molecule has 2 nitrogen and oxygen atoms in total. The van der Waals surface area contributed by atoms with Crippen molar-refractivity contribution in [1.29, 1.82) is 0 Å². The summed E-state index contributed by atoms with van der Waals surface area (Å²) in [6.45, 7) is 4.74. The van der Waals surface area contributed by atoms with E-state index in [1.807, 2.05) is 6.07 Å². The lowest BCUT2D eigenvalue weighted by atomic mass is 9.81. The average Bonchev–Trinajstić information content (AvgIpc) is 3.67. The minimum atomic E-state index is -0.211. The van der Waals surface area contributed by atoms with Crippen molar-refractivity contribution in [3.63, 3.8) is 0 Å². The van der Waals surface area contributed by atoms with Crippen LogP contribution >= 0.6 is 0 Å². The van der Waals surface area contributed by atoms with E-state index in [1.54, 1.807) is 0 Å². The molecule has 0 spiro atoms. The summed E-state index contributed by atoms with van der Waals surface area (Å²) in [4.78, 5) is 2.40. The summed E-state index contributed by atoms with van der Waals surface area (Å²) in [6, 6.07) is 63.6. The Morgan fingerprint density at radius 3 is 1.94 bits per heavy atom. The summed E-state index contributed by atoms with van der Waals surface area (Å²) in [7, 11) is 0. The Bertz CT molecular complexity index is 2780. The average molecular weight is 654 g/mol. The highest BCUT2D eigenvalue weighted by atomic mass is 16.3. The highest BCUT2D eigenvalue weighted by Gasteiger charge is 2.37. The molecular formula is C49H35NO. The molecular weight excluding hydrogens is 619 g/mol. The van der Waals surface area contributed by atoms with Gasteiger partial charge in [-0.3, -0.25) is 0 Å². The van der Waals surface area contributed by atoms with Gasteiger partial charge in [-0.2, -0.15) is 0 Å². The van der Waals surface area contributed by atoms with Gasteiger partial charge in [0.1, 0.15) is 5.58 Å². The van der Waals surface area contributed by atoms with E-state index < -0.39 is 0 Å². The fraction of sp³-hybridized carbons (Fsp3) is 0.0612. The molecule has 9 aromatic rings. The number of anilines is 3. The largest absolute Gasteiger partial charge is 0.454 e. The zero-order valence-corrected chi connectivity index (χ0v) is 28.6. The Labute approximate surface area is 297 Å². The van der Waals surface area contributed by atoms with Crippen LogP contribution in [0.5, 0.6) is 0 Å².